The van der Waals surface area contributed by atoms with Crippen molar-refractivity contribution < 1.29 is 4.79 Å². The van der Waals surface area contributed by atoms with Crippen LogP contribution in [0.5, 0.6) is 0 Å². The first-order valence-corrected chi connectivity index (χ1v) is 4.46. The molecule has 0 atom stereocenters. The second-order valence-electron chi connectivity index (χ2n) is 2.48. The van der Waals surface area contributed by atoms with Crippen LogP contribution < -0.4 is 0 Å². The first-order valence-electron chi connectivity index (χ1n) is 3.48. The number of fused-ring (bicyclic) bond motifs is 1. The number of aldehydes is 1. The van der Waals surface area contributed by atoms with Crippen molar-refractivity contribution in [2.75, 3.05) is 5.75 Å². The van der Waals surface area contributed by atoms with Crippen molar-refractivity contribution in [3.63, 3.8) is 0 Å². The SMILES string of the molecule is Cc1nc2n(c1C=O)CCS2. The van der Waals surface area contributed by atoms with Crippen molar-refractivity contribution >= 4 is 18.0 Å². The number of hydrogen-bond donors (Lipinski definition) is 0. The van der Waals surface area contributed by atoms with E-state index in [0.29, 0.717) is 0 Å². The molecule has 11 heavy (non-hydrogen) atoms. The van der Waals surface area contributed by atoms with E-state index in [0.717, 1.165) is 35.1 Å². The van der Waals surface area contributed by atoms with Gasteiger partial charge in [0, 0.05) is 12.3 Å². The molecule has 0 spiro atoms. The Kier molecular flexibility index (Phi) is 1.49. The lowest BCUT2D eigenvalue weighted by Gasteiger charge is -1.95. The molecule has 2 rings (SSSR count). The quantitative estimate of drug-likeness (QED) is 0.589. The molecule has 1 aromatic heterocycles. The average Bonchev–Trinajstić information content (AvgIpc) is 2.46. The number of aromatic nitrogens is 2. The zero-order chi connectivity index (χ0) is 7.84. The van der Waals surface area contributed by atoms with Gasteiger partial charge in [-0.3, -0.25) is 4.79 Å². The van der Waals surface area contributed by atoms with Crippen LogP contribution in [0.25, 0.3) is 0 Å². The molecule has 0 fully saturated rings. The van der Waals surface area contributed by atoms with E-state index < -0.39 is 0 Å². The lowest BCUT2D eigenvalue weighted by atomic mass is 10.4. The molecule has 0 bridgehead atoms. The predicted molar refractivity (Wildman–Crippen MR) is 43.1 cm³/mol. The summed E-state index contributed by atoms with van der Waals surface area (Å²) in [6.07, 6.45) is 0.887. The minimum Gasteiger partial charge on any atom is -0.316 e. The van der Waals surface area contributed by atoms with E-state index in [2.05, 4.69) is 4.98 Å². The largest absolute Gasteiger partial charge is 0.316 e. The summed E-state index contributed by atoms with van der Waals surface area (Å²) in [5, 5.41) is 0.990. The fraction of sp³-hybridized carbons (Fsp3) is 0.429. The number of nitrogens with zero attached hydrogens (tertiary/aromatic N) is 2. The highest BCUT2D eigenvalue weighted by atomic mass is 32.2. The number of hydrogen-bond acceptors (Lipinski definition) is 3. The Morgan fingerprint density at radius 2 is 2.55 bits per heavy atom. The molecular weight excluding hydrogens is 160 g/mol. The molecule has 1 aliphatic rings. The minimum atomic E-state index is 0.741. The van der Waals surface area contributed by atoms with Crippen LogP contribution >= 0.6 is 11.8 Å². The summed E-state index contributed by atoms with van der Waals surface area (Å²) in [6.45, 7) is 2.80. The Morgan fingerprint density at radius 3 is 3.27 bits per heavy atom. The van der Waals surface area contributed by atoms with Crippen molar-refractivity contribution in [2.45, 2.75) is 18.6 Å². The molecule has 1 aliphatic heterocycles. The van der Waals surface area contributed by atoms with Gasteiger partial charge in [-0.2, -0.15) is 0 Å². The molecule has 3 nitrogen and oxygen atoms in total. The monoisotopic (exact) mass is 168 g/mol. The van der Waals surface area contributed by atoms with Gasteiger partial charge in [-0.25, -0.2) is 4.98 Å². The van der Waals surface area contributed by atoms with E-state index >= 15 is 0 Å². The van der Waals surface area contributed by atoms with Crippen LogP contribution in [0, 0.1) is 6.92 Å². The molecule has 58 valence electrons. The van der Waals surface area contributed by atoms with Crippen LogP contribution in [0.1, 0.15) is 16.2 Å². The molecule has 0 amide bonds. The number of aryl methyl sites for hydroxylation is 1. The molecule has 1 aromatic rings. The van der Waals surface area contributed by atoms with Gasteiger partial charge in [-0.1, -0.05) is 11.8 Å². The lowest BCUT2D eigenvalue weighted by molar-refractivity contribution is 0.111. The highest BCUT2D eigenvalue weighted by molar-refractivity contribution is 7.99. The number of rotatable bonds is 1. The van der Waals surface area contributed by atoms with Gasteiger partial charge >= 0.3 is 0 Å². The second-order valence-corrected chi connectivity index (χ2v) is 3.55. The smallest absolute Gasteiger partial charge is 0.168 e. The summed E-state index contributed by atoms with van der Waals surface area (Å²) in [6, 6.07) is 0. The zero-order valence-electron chi connectivity index (χ0n) is 6.20. The first-order chi connectivity index (χ1) is 5.33. The van der Waals surface area contributed by atoms with E-state index in [4.69, 9.17) is 0 Å². The summed E-state index contributed by atoms with van der Waals surface area (Å²) in [5.74, 6) is 1.05. The van der Waals surface area contributed by atoms with Crippen LogP contribution in [0.3, 0.4) is 0 Å². The van der Waals surface area contributed by atoms with E-state index in [9.17, 15) is 4.79 Å². The minimum absolute atomic E-state index is 0.741. The van der Waals surface area contributed by atoms with E-state index in [1.807, 2.05) is 11.5 Å². The molecule has 0 unspecified atom stereocenters. The number of carbonyl (C=O) groups excluding carboxylic acids is 1. The van der Waals surface area contributed by atoms with Gasteiger partial charge in [0.15, 0.2) is 11.4 Å². The first kappa shape index (κ1) is 6.91. The maximum atomic E-state index is 10.6. The van der Waals surface area contributed by atoms with E-state index in [-0.39, 0.29) is 0 Å². The molecule has 0 aliphatic carbocycles. The molecule has 4 heteroatoms. The van der Waals surface area contributed by atoms with Crippen molar-refractivity contribution in [2.24, 2.45) is 0 Å². The summed E-state index contributed by atoms with van der Waals surface area (Å²) < 4.78 is 1.98. The third kappa shape index (κ3) is 0.894. The molecule has 0 N–H and O–H groups in total. The summed E-state index contributed by atoms with van der Waals surface area (Å²) in [5.41, 5.74) is 1.59. The Labute approximate surface area is 68.8 Å². The van der Waals surface area contributed by atoms with Gasteiger partial charge in [0.05, 0.1) is 5.69 Å². The van der Waals surface area contributed by atoms with Crippen molar-refractivity contribution in [3.8, 4) is 0 Å². The molecular formula is C7H8N2OS. The maximum absolute atomic E-state index is 10.6. The van der Waals surface area contributed by atoms with Gasteiger partial charge in [-0.15, -0.1) is 0 Å². The predicted octanol–water partition coefficient (Wildman–Crippen LogP) is 1.11. The number of imidazole rings is 1. The van der Waals surface area contributed by atoms with Crippen LogP contribution in [-0.4, -0.2) is 21.6 Å². The van der Waals surface area contributed by atoms with Gasteiger partial charge in [-0.05, 0) is 6.92 Å². The number of thioether (sulfide) groups is 1. The summed E-state index contributed by atoms with van der Waals surface area (Å²) in [7, 11) is 0. The van der Waals surface area contributed by atoms with Crippen molar-refractivity contribution in [1.82, 2.24) is 9.55 Å². The van der Waals surface area contributed by atoms with Crippen molar-refractivity contribution in [3.05, 3.63) is 11.4 Å². The Morgan fingerprint density at radius 1 is 1.73 bits per heavy atom. The maximum Gasteiger partial charge on any atom is 0.168 e. The van der Waals surface area contributed by atoms with Crippen LogP contribution in [0.2, 0.25) is 0 Å². The molecule has 0 aromatic carbocycles. The highest BCUT2D eigenvalue weighted by Gasteiger charge is 2.18. The fourth-order valence-electron chi connectivity index (χ4n) is 1.26. The van der Waals surface area contributed by atoms with Crippen LogP contribution in [0.4, 0.5) is 0 Å². The van der Waals surface area contributed by atoms with E-state index in [1.54, 1.807) is 11.8 Å². The zero-order valence-corrected chi connectivity index (χ0v) is 7.02. The average molecular weight is 168 g/mol. The third-order valence-electron chi connectivity index (χ3n) is 1.81. The Hall–Kier alpha value is -0.770. The molecule has 0 saturated heterocycles. The van der Waals surface area contributed by atoms with Gasteiger partial charge in [0.25, 0.3) is 0 Å². The summed E-state index contributed by atoms with van der Waals surface area (Å²) >= 11 is 1.71. The van der Waals surface area contributed by atoms with Gasteiger partial charge in [0.2, 0.25) is 0 Å². The topological polar surface area (TPSA) is 34.9 Å². The highest BCUT2D eigenvalue weighted by Crippen LogP contribution is 2.26. The lowest BCUT2D eigenvalue weighted by Crippen LogP contribution is -1.99. The van der Waals surface area contributed by atoms with Gasteiger partial charge < -0.3 is 4.57 Å². The number of carbonyl (C=O) groups is 1. The standard InChI is InChI=1S/C7H8N2OS/c1-5-6(4-10)9-2-3-11-7(9)8-5/h4H,2-3H2,1H3. The van der Waals surface area contributed by atoms with Crippen molar-refractivity contribution in [1.29, 1.82) is 0 Å². The molecule has 2 heterocycles. The normalized spacial score (nSPS) is 15.0. The molecule has 0 saturated carbocycles. The van der Waals surface area contributed by atoms with Crippen LogP contribution in [-0.2, 0) is 6.54 Å². The van der Waals surface area contributed by atoms with E-state index in [1.165, 1.54) is 0 Å². The molecule has 0 radical (unpaired) electrons. The third-order valence-corrected chi connectivity index (χ3v) is 2.77. The van der Waals surface area contributed by atoms with Gasteiger partial charge in [0.1, 0.15) is 5.69 Å². The van der Waals surface area contributed by atoms with Crippen LogP contribution in [0.15, 0.2) is 5.16 Å². The Bertz CT molecular complexity index is 306. The second kappa shape index (κ2) is 2.37. The Balaban J connectivity index is 2.60. The summed E-state index contributed by atoms with van der Waals surface area (Å²) in [4.78, 5) is 14.8. The fourth-order valence-corrected chi connectivity index (χ4v) is 2.27.